The largest absolute Gasteiger partial charge is 0.267 e. The summed E-state index contributed by atoms with van der Waals surface area (Å²) in [6.45, 7) is 0. The smallest absolute Gasteiger partial charge is 0.220 e. The van der Waals surface area contributed by atoms with Gasteiger partial charge in [0.2, 0.25) is 9.84 Å². The average molecular weight is 188 g/mol. The van der Waals surface area contributed by atoms with Gasteiger partial charge < -0.3 is 0 Å². The van der Waals surface area contributed by atoms with Crippen molar-refractivity contribution >= 4 is 9.84 Å². The van der Waals surface area contributed by atoms with Gasteiger partial charge in [-0.05, 0) is 23.3 Å². The molecule has 1 aromatic rings. The number of aryl methyl sites for hydroxylation is 1. The minimum absolute atomic E-state index is 0.0231. The van der Waals surface area contributed by atoms with Crippen LogP contribution in [0.15, 0.2) is 5.16 Å². The Bertz CT molecular complexity index is 391. The predicted molar refractivity (Wildman–Crippen MR) is 39.0 cm³/mol. The fraction of sp³-hybridized carbons (Fsp3) is 0.800. The van der Waals surface area contributed by atoms with Crippen molar-refractivity contribution in [3.05, 3.63) is 0 Å². The quantitative estimate of drug-likeness (QED) is 0.604. The number of rotatable bonds is 2. The van der Waals surface area contributed by atoms with Crippen LogP contribution in [0.4, 0.5) is 0 Å². The molecule has 0 saturated heterocycles. The van der Waals surface area contributed by atoms with E-state index in [1.807, 2.05) is 0 Å². The summed E-state index contributed by atoms with van der Waals surface area (Å²) in [4.78, 5) is 0. The number of aromatic nitrogens is 4. The molecule has 1 saturated carbocycles. The fourth-order valence-electron chi connectivity index (χ4n) is 0.990. The molecular weight excluding hydrogens is 180 g/mol. The molecule has 12 heavy (non-hydrogen) atoms. The number of tetrazole rings is 1. The van der Waals surface area contributed by atoms with Crippen LogP contribution in [0.3, 0.4) is 0 Å². The normalized spacial score (nSPS) is 18.1. The summed E-state index contributed by atoms with van der Waals surface area (Å²) >= 11 is 0. The van der Waals surface area contributed by atoms with Crippen molar-refractivity contribution in [3.63, 3.8) is 0 Å². The van der Waals surface area contributed by atoms with Crippen molar-refractivity contribution in [3.8, 4) is 0 Å². The molecule has 0 aliphatic heterocycles. The Kier molecular flexibility index (Phi) is 1.44. The number of hydrogen-bond acceptors (Lipinski definition) is 5. The van der Waals surface area contributed by atoms with Crippen molar-refractivity contribution in [2.24, 2.45) is 7.05 Å². The number of hydrogen-bond donors (Lipinski definition) is 0. The van der Waals surface area contributed by atoms with Crippen LogP contribution in [-0.2, 0) is 16.9 Å². The van der Waals surface area contributed by atoms with E-state index in [4.69, 9.17) is 0 Å². The van der Waals surface area contributed by atoms with E-state index < -0.39 is 9.84 Å². The van der Waals surface area contributed by atoms with E-state index in [1.165, 1.54) is 11.7 Å². The standard InChI is InChI=1S/C5H8N4O2S/c1-9-5(6-7-8-9)12(10,11)4-2-3-4/h4H,2-3H2,1H3. The van der Waals surface area contributed by atoms with Gasteiger partial charge in [-0.1, -0.05) is 5.10 Å². The van der Waals surface area contributed by atoms with Crippen LogP contribution in [0.25, 0.3) is 0 Å². The number of sulfone groups is 1. The molecule has 6 nitrogen and oxygen atoms in total. The van der Waals surface area contributed by atoms with Gasteiger partial charge in [0.1, 0.15) is 0 Å². The van der Waals surface area contributed by atoms with Gasteiger partial charge in [0.15, 0.2) is 0 Å². The summed E-state index contributed by atoms with van der Waals surface area (Å²) in [5.74, 6) is 0. The highest BCUT2D eigenvalue weighted by molar-refractivity contribution is 7.92. The Morgan fingerprint density at radius 2 is 2.17 bits per heavy atom. The first-order valence-corrected chi connectivity index (χ1v) is 5.13. The molecule has 0 radical (unpaired) electrons. The molecular formula is C5H8N4O2S. The third-order valence-corrected chi connectivity index (χ3v) is 4.00. The Hall–Kier alpha value is -0.980. The third-order valence-electron chi connectivity index (χ3n) is 1.80. The van der Waals surface area contributed by atoms with E-state index in [0.29, 0.717) is 0 Å². The summed E-state index contributed by atoms with van der Waals surface area (Å²) in [5.41, 5.74) is 0. The molecule has 0 atom stereocenters. The zero-order valence-corrected chi connectivity index (χ0v) is 7.32. The molecule has 1 aliphatic carbocycles. The monoisotopic (exact) mass is 188 g/mol. The van der Waals surface area contributed by atoms with Gasteiger partial charge in [0, 0.05) is 7.05 Å². The summed E-state index contributed by atoms with van der Waals surface area (Å²) in [5, 5.41) is 9.94. The molecule has 7 heteroatoms. The van der Waals surface area contributed by atoms with Crippen molar-refractivity contribution in [1.82, 2.24) is 20.2 Å². The number of nitrogens with zero attached hydrogens (tertiary/aromatic N) is 4. The lowest BCUT2D eigenvalue weighted by Crippen LogP contribution is -2.13. The highest BCUT2D eigenvalue weighted by Gasteiger charge is 2.40. The third kappa shape index (κ3) is 1.01. The van der Waals surface area contributed by atoms with Crippen molar-refractivity contribution in [1.29, 1.82) is 0 Å². The van der Waals surface area contributed by atoms with Crippen molar-refractivity contribution in [2.75, 3.05) is 0 Å². The minimum atomic E-state index is -3.23. The molecule has 0 bridgehead atoms. The van der Waals surface area contributed by atoms with E-state index in [-0.39, 0.29) is 10.4 Å². The van der Waals surface area contributed by atoms with E-state index in [0.717, 1.165) is 12.8 Å². The van der Waals surface area contributed by atoms with Crippen LogP contribution in [-0.4, -0.2) is 33.9 Å². The Balaban J connectivity index is 2.48. The summed E-state index contributed by atoms with van der Waals surface area (Å²) < 4.78 is 24.2. The zero-order valence-electron chi connectivity index (χ0n) is 6.51. The maximum absolute atomic E-state index is 11.5. The highest BCUT2D eigenvalue weighted by Crippen LogP contribution is 2.31. The molecule has 1 aliphatic rings. The van der Waals surface area contributed by atoms with Crippen LogP contribution in [0.1, 0.15) is 12.8 Å². The SMILES string of the molecule is Cn1nnnc1S(=O)(=O)C1CC1. The van der Waals surface area contributed by atoms with Crippen LogP contribution in [0, 0.1) is 0 Å². The first-order valence-electron chi connectivity index (χ1n) is 3.58. The maximum Gasteiger partial charge on any atom is 0.267 e. The zero-order chi connectivity index (χ0) is 8.77. The van der Waals surface area contributed by atoms with Crippen LogP contribution in [0.2, 0.25) is 0 Å². The molecule has 1 aromatic heterocycles. The lowest BCUT2D eigenvalue weighted by Gasteiger charge is -1.97. The first kappa shape index (κ1) is 7.66. The Labute approximate surface area is 69.5 Å². The molecule has 2 rings (SSSR count). The molecule has 0 unspecified atom stereocenters. The van der Waals surface area contributed by atoms with Gasteiger partial charge in [0.05, 0.1) is 5.25 Å². The Morgan fingerprint density at radius 1 is 1.50 bits per heavy atom. The molecule has 0 aromatic carbocycles. The fourth-order valence-corrected chi connectivity index (χ4v) is 2.60. The maximum atomic E-state index is 11.5. The lowest BCUT2D eigenvalue weighted by atomic mass is 11.0. The lowest BCUT2D eigenvalue weighted by molar-refractivity contribution is 0.568. The van der Waals surface area contributed by atoms with Gasteiger partial charge in [0.25, 0.3) is 5.16 Å². The van der Waals surface area contributed by atoms with Gasteiger partial charge in [-0.3, -0.25) is 0 Å². The molecule has 66 valence electrons. The van der Waals surface area contributed by atoms with E-state index in [9.17, 15) is 8.42 Å². The molecule has 0 spiro atoms. The topological polar surface area (TPSA) is 77.7 Å². The summed E-state index contributed by atoms with van der Waals surface area (Å²) in [7, 11) is -1.70. The Morgan fingerprint density at radius 3 is 2.58 bits per heavy atom. The van der Waals surface area contributed by atoms with Crippen molar-refractivity contribution in [2.45, 2.75) is 23.2 Å². The van der Waals surface area contributed by atoms with Crippen LogP contribution < -0.4 is 0 Å². The van der Waals surface area contributed by atoms with Gasteiger partial charge in [-0.15, -0.1) is 0 Å². The summed E-state index contributed by atoms with van der Waals surface area (Å²) in [6, 6.07) is 0. The van der Waals surface area contributed by atoms with E-state index >= 15 is 0 Å². The van der Waals surface area contributed by atoms with Crippen LogP contribution >= 0.6 is 0 Å². The molecule has 1 fully saturated rings. The first-order chi connectivity index (χ1) is 5.62. The van der Waals surface area contributed by atoms with E-state index in [1.54, 1.807) is 0 Å². The van der Waals surface area contributed by atoms with Crippen LogP contribution in [0.5, 0.6) is 0 Å². The molecule has 0 N–H and O–H groups in total. The predicted octanol–water partition coefficient (Wildman–Crippen LogP) is -0.854. The van der Waals surface area contributed by atoms with Gasteiger partial charge in [-0.25, -0.2) is 13.1 Å². The van der Waals surface area contributed by atoms with Gasteiger partial charge >= 0.3 is 0 Å². The minimum Gasteiger partial charge on any atom is -0.220 e. The highest BCUT2D eigenvalue weighted by atomic mass is 32.2. The van der Waals surface area contributed by atoms with Crippen molar-refractivity contribution < 1.29 is 8.42 Å². The second-order valence-corrected chi connectivity index (χ2v) is 4.95. The molecule has 0 amide bonds. The second-order valence-electron chi connectivity index (χ2n) is 2.83. The summed E-state index contributed by atoms with van der Waals surface area (Å²) in [6.07, 6.45) is 1.46. The average Bonchev–Trinajstić information content (AvgIpc) is 2.75. The molecule has 1 heterocycles. The van der Waals surface area contributed by atoms with Gasteiger partial charge in [-0.2, -0.15) is 0 Å². The second kappa shape index (κ2) is 2.25. The van der Waals surface area contributed by atoms with E-state index in [2.05, 4.69) is 15.5 Å².